The van der Waals surface area contributed by atoms with E-state index in [9.17, 15) is 4.79 Å². The van der Waals surface area contributed by atoms with E-state index in [2.05, 4.69) is 36.8 Å². The number of unbranched alkanes of at least 4 members (excludes halogenated alkanes) is 1. The van der Waals surface area contributed by atoms with Crippen LogP contribution in [0.15, 0.2) is 12.1 Å². The molecule has 106 valence electrons. The molecule has 4 nitrogen and oxygen atoms in total. The van der Waals surface area contributed by atoms with Crippen molar-refractivity contribution in [2.75, 3.05) is 14.2 Å². The molecule has 4 heteroatoms. The zero-order valence-corrected chi connectivity index (χ0v) is 12.3. The second-order valence-corrected chi connectivity index (χ2v) is 4.75. The van der Waals surface area contributed by atoms with E-state index >= 15 is 0 Å². The topological polar surface area (TPSA) is 50.4 Å². The summed E-state index contributed by atoms with van der Waals surface area (Å²) in [5, 5.41) is 0. The molecule has 0 saturated heterocycles. The van der Waals surface area contributed by atoms with E-state index in [1.165, 1.54) is 11.1 Å². The van der Waals surface area contributed by atoms with E-state index in [-0.39, 0.29) is 5.91 Å². The van der Waals surface area contributed by atoms with Gasteiger partial charge in [0.2, 0.25) is 5.91 Å². The molecular weight excluding hydrogens is 240 g/mol. The van der Waals surface area contributed by atoms with Gasteiger partial charge in [-0.3, -0.25) is 10.2 Å². The summed E-state index contributed by atoms with van der Waals surface area (Å²) in [4.78, 5) is 11.3. The lowest BCUT2D eigenvalue weighted by Crippen LogP contribution is -2.33. The van der Waals surface area contributed by atoms with Crippen LogP contribution in [-0.4, -0.2) is 20.1 Å². The van der Waals surface area contributed by atoms with E-state index in [1.54, 1.807) is 14.2 Å². The molecule has 0 saturated carbocycles. The SMILES string of the molecule is CNNC(=O)CCCCc1cc(C)c(OC)cc1C. The average molecular weight is 264 g/mol. The Morgan fingerprint density at radius 1 is 1.21 bits per heavy atom. The summed E-state index contributed by atoms with van der Waals surface area (Å²) in [6, 6.07) is 4.26. The summed E-state index contributed by atoms with van der Waals surface area (Å²) in [7, 11) is 3.39. The van der Waals surface area contributed by atoms with Crippen LogP contribution in [0.1, 0.15) is 36.0 Å². The zero-order valence-electron chi connectivity index (χ0n) is 12.3. The third kappa shape index (κ3) is 4.91. The Kier molecular flexibility index (Phi) is 6.36. The van der Waals surface area contributed by atoms with Crippen LogP contribution in [0.4, 0.5) is 0 Å². The highest BCUT2D eigenvalue weighted by atomic mass is 16.5. The molecule has 0 unspecified atom stereocenters. The van der Waals surface area contributed by atoms with Gasteiger partial charge in [-0.15, -0.1) is 0 Å². The lowest BCUT2D eigenvalue weighted by atomic mass is 9.99. The maximum atomic E-state index is 11.3. The second-order valence-electron chi connectivity index (χ2n) is 4.75. The minimum atomic E-state index is 0.0464. The van der Waals surface area contributed by atoms with Crippen LogP contribution >= 0.6 is 0 Å². The molecule has 0 aromatic heterocycles. The number of hydrogen-bond donors (Lipinski definition) is 2. The molecule has 0 aliphatic carbocycles. The number of methoxy groups -OCH3 is 1. The van der Waals surface area contributed by atoms with Gasteiger partial charge < -0.3 is 4.74 Å². The fourth-order valence-corrected chi connectivity index (χ4v) is 2.14. The van der Waals surface area contributed by atoms with Crippen molar-refractivity contribution in [2.24, 2.45) is 0 Å². The number of hydrogen-bond acceptors (Lipinski definition) is 3. The van der Waals surface area contributed by atoms with Crippen molar-refractivity contribution >= 4 is 5.91 Å². The highest BCUT2D eigenvalue weighted by molar-refractivity contribution is 5.75. The van der Waals surface area contributed by atoms with Gasteiger partial charge in [0.05, 0.1) is 7.11 Å². The molecule has 0 atom stereocenters. The van der Waals surface area contributed by atoms with Crippen LogP contribution in [0.25, 0.3) is 0 Å². The van der Waals surface area contributed by atoms with Crippen molar-refractivity contribution in [3.05, 3.63) is 28.8 Å². The standard InChI is InChI=1S/C15H24N2O2/c1-11-10-14(19-4)12(2)9-13(11)7-5-6-8-15(18)17-16-3/h9-10,16H,5-8H2,1-4H3,(H,17,18). The lowest BCUT2D eigenvalue weighted by molar-refractivity contribution is -0.122. The highest BCUT2D eigenvalue weighted by Crippen LogP contribution is 2.23. The van der Waals surface area contributed by atoms with Crippen LogP contribution in [0.3, 0.4) is 0 Å². The van der Waals surface area contributed by atoms with Crippen molar-refractivity contribution in [3.8, 4) is 5.75 Å². The Balaban J connectivity index is 2.45. The molecule has 1 amide bonds. The predicted molar refractivity (Wildman–Crippen MR) is 77.2 cm³/mol. The van der Waals surface area contributed by atoms with Gasteiger partial charge in [0.25, 0.3) is 0 Å². The molecule has 0 radical (unpaired) electrons. The highest BCUT2D eigenvalue weighted by Gasteiger charge is 2.05. The van der Waals surface area contributed by atoms with Gasteiger partial charge in [-0.2, -0.15) is 0 Å². The fourth-order valence-electron chi connectivity index (χ4n) is 2.14. The molecule has 0 aliphatic heterocycles. The van der Waals surface area contributed by atoms with Gasteiger partial charge in [-0.1, -0.05) is 6.07 Å². The number of nitrogens with one attached hydrogen (secondary N) is 2. The first-order chi connectivity index (χ1) is 9.08. The van der Waals surface area contributed by atoms with Crippen LogP contribution in [0.2, 0.25) is 0 Å². The Hall–Kier alpha value is -1.55. The van der Waals surface area contributed by atoms with E-state index in [0.717, 1.165) is 30.6 Å². The largest absolute Gasteiger partial charge is 0.496 e. The van der Waals surface area contributed by atoms with Gasteiger partial charge in [0.1, 0.15) is 5.75 Å². The number of amides is 1. The van der Waals surface area contributed by atoms with E-state index < -0.39 is 0 Å². The number of carbonyl (C=O) groups is 1. The molecule has 1 rings (SSSR count). The smallest absolute Gasteiger partial charge is 0.234 e. The van der Waals surface area contributed by atoms with Gasteiger partial charge >= 0.3 is 0 Å². The molecule has 0 aliphatic rings. The maximum absolute atomic E-state index is 11.3. The first kappa shape index (κ1) is 15.5. The minimum absolute atomic E-state index is 0.0464. The number of benzene rings is 1. The van der Waals surface area contributed by atoms with Crippen LogP contribution in [0, 0.1) is 13.8 Å². The molecule has 1 aromatic carbocycles. The minimum Gasteiger partial charge on any atom is -0.496 e. The fraction of sp³-hybridized carbons (Fsp3) is 0.533. The summed E-state index contributed by atoms with van der Waals surface area (Å²) < 4.78 is 5.30. The van der Waals surface area contributed by atoms with Crippen molar-refractivity contribution < 1.29 is 9.53 Å². The Morgan fingerprint density at radius 2 is 1.95 bits per heavy atom. The van der Waals surface area contributed by atoms with Crippen LogP contribution in [0.5, 0.6) is 5.75 Å². The third-order valence-electron chi connectivity index (χ3n) is 3.22. The first-order valence-corrected chi connectivity index (χ1v) is 6.68. The van der Waals surface area contributed by atoms with Gasteiger partial charge in [0, 0.05) is 13.5 Å². The number of rotatable bonds is 7. The molecule has 0 spiro atoms. The molecule has 0 fully saturated rings. The molecule has 0 heterocycles. The normalized spacial score (nSPS) is 10.3. The van der Waals surface area contributed by atoms with Gasteiger partial charge in [0.15, 0.2) is 0 Å². The van der Waals surface area contributed by atoms with Crippen molar-refractivity contribution in [3.63, 3.8) is 0 Å². The molecule has 0 bridgehead atoms. The molecule has 2 N–H and O–H groups in total. The summed E-state index contributed by atoms with van der Waals surface area (Å²) >= 11 is 0. The zero-order chi connectivity index (χ0) is 14.3. The number of carbonyl (C=O) groups excluding carboxylic acids is 1. The van der Waals surface area contributed by atoms with E-state index in [1.807, 2.05) is 0 Å². The van der Waals surface area contributed by atoms with Crippen LogP contribution < -0.4 is 15.6 Å². The Bertz CT molecular complexity index is 430. The van der Waals surface area contributed by atoms with Crippen molar-refractivity contribution in [1.29, 1.82) is 0 Å². The average Bonchev–Trinajstić information content (AvgIpc) is 2.38. The van der Waals surface area contributed by atoms with Gasteiger partial charge in [-0.05, 0) is 55.9 Å². The predicted octanol–water partition coefficient (Wildman–Crippen LogP) is 2.28. The van der Waals surface area contributed by atoms with Crippen LogP contribution in [-0.2, 0) is 11.2 Å². The number of hydrazine groups is 1. The molecular formula is C15H24N2O2. The number of ether oxygens (including phenoxy) is 1. The Labute approximate surface area is 115 Å². The Morgan fingerprint density at radius 3 is 2.58 bits per heavy atom. The van der Waals surface area contributed by atoms with E-state index in [0.29, 0.717) is 6.42 Å². The maximum Gasteiger partial charge on any atom is 0.234 e. The van der Waals surface area contributed by atoms with Crippen molar-refractivity contribution in [1.82, 2.24) is 10.9 Å². The quantitative estimate of drug-likeness (QED) is 0.587. The number of aryl methyl sites for hydroxylation is 3. The molecule has 19 heavy (non-hydrogen) atoms. The monoisotopic (exact) mass is 264 g/mol. The molecule has 1 aromatic rings. The first-order valence-electron chi connectivity index (χ1n) is 6.68. The lowest BCUT2D eigenvalue weighted by Gasteiger charge is -2.11. The summed E-state index contributed by atoms with van der Waals surface area (Å²) in [5.41, 5.74) is 8.97. The summed E-state index contributed by atoms with van der Waals surface area (Å²) in [6.07, 6.45) is 3.49. The van der Waals surface area contributed by atoms with Gasteiger partial charge in [-0.25, -0.2) is 5.43 Å². The summed E-state index contributed by atoms with van der Waals surface area (Å²) in [5.74, 6) is 0.986. The second kappa shape index (κ2) is 7.79. The van der Waals surface area contributed by atoms with E-state index in [4.69, 9.17) is 4.74 Å². The third-order valence-corrected chi connectivity index (χ3v) is 3.22. The summed E-state index contributed by atoms with van der Waals surface area (Å²) in [6.45, 7) is 4.16. The van der Waals surface area contributed by atoms with Crippen molar-refractivity contribution in [2.45, 2.75) is 39.5 Å².